The molecule has 5 heteroatoms. The van der Waals surface area contributed by atoms with Crippen molar-refractivity contribution in [2.45, 2.75) is 13.8 Å². The predicted molar refractivity (Wildman–Crippen MR) is 92.3 cm³/mol. The molecule has 120 valence electrons. The Morgan fingerprint density at radius 1 is 1.13 bits per heavy atom. The van der Waals surface area contributed by atoms with Crippen LogP contribution in [0.5, 0.6) is 5.75 Å². The number of aromatic hydroxyl groups is 1. The summed E-state index contributed by atoms with van der Waals surface area (Å²) in [4.78, 5) is 17.3. The average molecular weight is 312 g/mol. The summed E-state index contributed by atoms with van der Waals surface area (Å²) in [6.07, 6.45) is 1.58. The number of hydrogen-bond acceptors (Lipinski definition) is 4. The SMILES string of the molecule is CCN(CC)c1ccc(O)c(C=Nc2ccc(C(=O)O)cc2)c1. The Kier molecular flexibility index (Phi) is 5.36. The van der Waals surface area contributed by atoms with E-state index in [0.717, 1.165) is 18.8 Å². The van der Waals surface area contributed by atoms with Crippen LogP contribution in [0.25, 0.3) is 0 Å². The van der Waals surface area contributed by atoms with Crippen molar-refractivity contribution in [2.24, 2.45) is 4.99 Å². The van der Waals surface area contributed by atoms with E-state index in [-0.39, 0.29) is 11.3 Å². The van der Waals surface area contributed by atoms with Crippen molar-refractivity contribution in [2.75, 3.05) is 18.0 Å². The third-order valence-electron chi connectivity index (χ3n) is 3.61. The van der Waals surface area contributed by atoms with Crippen molar-refractivity contribution in [3.8, 4) is 5.75 Å². The molecular weight excluding hydrogens is 292 g/mol. The second kappa shape index (κ2) is 7.45. The molecule has 5 nitrogen and oxygen atoms in total. The number of aromatic carboxylic acids is 1. The third kappa shape index (κ3) is 4.10. The molecule has 23 heavy (non-hydrogen) atoms. The van der Waals surface area contributed by atoms with Gasteiger partial charge in [-0.25, -0.2) is 4.79 Å². The van der Waals surface area contributed by atoms with Crippen molar-refractivity contribution in [1.82, 2.24) is 0 Å². The number of benzene rings is 2. The van der Waals surface area contributed by atoms with Gasteiger partial charge in [0, 0.05) is 30.6 Å². The first-order valence-electron chi connectivity index (χ1n) is 7.50. The van der Waals surface area contributed by atoms with Gasteiger partial charge >= 0.3 is 5.97 Å². The largest absolute Gasteiger partial charge is 0.507 e. The van der Waals surface area contributed by atoms with Gasteiger partial charge in [-0.15, -0.1) is 0 Å². The molecule has 0 atom stereocenters. The van der Waals surface area contributed by atoms with Crippen molar-refractivity contribution in [3.63, 3.8) is 0 Å². The lowest BCUT2D eigenvalue weighted by Gasteiger charge is -2.21. The molecule has 0 fully saturated rings. The fourth-order valence-corrected chi connectivity index (χ4v) is 2.26. The van der Waals surface area contributed by atoms with Gasteiger partial charge in [0.2, 0.25) is 0 Å². The molecule has 0 spiro atoms. The van der Waals surface area contributed by atoms with Crippen LogP contribution in [0.4, 0.5) is 11.4 Å². The molecule has 2 aromatic rings. The van der Waals surface area contributed by atoms with E-state index in [9.17, 15) is 9.90 Å². The molecule has 0 heterocycles. The summed E-state index contributed by atoms with van der Waals surface area (Å²) in [5, 5.41) is 18.8. The Morgan fingerprint density at radius 2 is 1.78 bits per heavy atom. The second-order valence-corrected chi connectivity index (χ2v) is 5.03. The minimum Gasteiger partial charge on any atom is -0.507 e. The van der Waals surface area contributed by atoms with Crippen LogP contribution in [-0.2, 0) is 0 Å². The van der Waals surface area contributed by atoms with Crippen LogP contribution in [0.3, 0.4) is 0 Å². The van der Waals surface area contributed by atoms with E-state index in [0.29, 0.717) is 11.3 Å². The number of anilines is 1. The molecule has 0 radical (unpaired) electrons. The van der Waals surface area contributed by atoms with Crippen LogP contribution in [0.1, 0.15) is 29.8 Å². The Balaban J connectivity index is 2.24. The van der Waals surface area contributed by atoms with Gasteiger partial charge in [0.05, 0.1) is 11.3 Å². The molecular formula is C18H20N2O3. The van der Waals surface area contributed by atoms with E-state index in [2.05, 4.69) is 23.7 Å². The first-order chi connectivity index (χ1) is 11.0. The number of hydrogen-bond donors (Lipinski definition) is 2. The molecule has 2 rings (SSSR count). The van der Waals surface area contributed by atoms with E-state index < -0.39 is 5.97 Å². The molecule has 0 saturated carbocycles. The van der Waals surface area contributed by atoms with Crippen LogP contribution in [0.15, 0.2) is 47.5 Å². The van der Waals surface area contributed by atoms with Gasteiger partial charge in [-0.2, -0.15) is 0 Å². The summed E-state index contributed by atoms with van der Waals surface area (Å²) in [6.45, 7) is 5.92. The molecule has 0 amide bonds. The molecule has 0 aliphatic rings. The molecule has 2 N–H and O–H groups in total. The summed E-state index contributed by atoms with van der Waals surface area (Å²) in [7, 11) is 0. The normalized spacial score (nSPS) is 10.9. The standard InChI is InChI=1S/C18H20N2O3/c1-3-20(4-2)16-9-10-17(21)14(11-16)12-19-15-7-5-13(6-8-15)18(22)23/h5-12,21H,3-4H2,1-2H3,(H,22,23). The lowest BCUT2D eigenvalue weighted by molar-refractivity contribution is 0.0697. The predicted octanol–water partition coefficient (Wildman–Crippen LogP) is 3.69. The summed E-state index contributed by atoms with van der Waals surface area (Å²) in [5.74, 6) is -0.808. The van der Waals surface area contributed by atoms with Gasteiger partial charge in [0.15, 0.2) is 0 Å². The maximum atomic E-state index is 10.8. The lowest BCUT2D eigenvalue weighted by atomic mass is 10.1. The first kappa shape index (κ1) is 16.5. The average Bonchev–Trinajstić information content (AvgIpc) is 2.56. The Bertz CT molecular complexity index is 705. The molecule has 0 aliphatic carbocycles. The number of rotatable bonds is 6. The lowest BCUT2D eigenvalue weighted by Crippen LogP contribution is -2.21. The maximum Gasteiger partial charge on any atom is 0.335 e. The van der Waals surface area contributed by atoms with E-state index in [1.807, 2.05) is 12.1 Å². The highest BCUT2D eigenvalue weighted by Gasteiger charge is 2.06. The van der Waals surface area contributed by atoms with Crippen LogP contribution in [0.2, 0.25) is 0 Å². The second-order valence-electron chi connectivity index (χ2n) is 5.03. The highest BCUT2D eigenvalue weighted by Crippen LogP contribution is 2.23. The molecule has 2 aromatic carbocycles. The van der Waals surface area contributed by atoms with Gasteiger partial charge in [-0.05, 0) is 56.3 Å². The van der Waals surface area contributed by atoms with Crippen molar-refractivity contribution in [1.29, 1.82) is 0 Å². The zero-order chi connectivity index (χ0) is 16.8. The van der Waals surface area contributed by atoms with Crippen LogP contribution >= 0.6 is 0 Å². The Hall–Kier alpha value is -2.82. The molecule has 0 unspecified atom stereocenters. The highest BCUT2D eigenvalue weighted by molar-refractivity contribution is 5.89. The zero-order valence-electron chi connectivity index (χ0n) is 13.2. The minimum atomic E-state index is -0.968. The summed E-state index contributed by atoms with van der Waals surface area (Å²) in [6, 6.07) is 11.7. The fourth-order valence-electron chi connectivity index (χ4n) is 2.26. The number of phenols is 1. The number of aliphatic imine (C=N–C) groups is 1. The number of phenolic OH excluding ortho intramolecular Hbond substituents is 1. The minimum absolute atomic E-state index is 0.159. The third-order valence-corrected chi connectivity index (χ3v) is 3.61. The first-order valence-corrected chi connectivity index (χ1v) is 7.50. The number of carboxylic acid groups (broad SMARTS) is 1. The molecule has 0 bridgehead atoms. The van der Waals surface area contributed by atoms with Crippen molar-refractivity contribution in [3.05, 3.63) is 53.6 Å². The van der Waals surface area contributed by atoms with Gasteiger partial charge in [-0.3, -0.25) is 4.99 Å². The number of carbonyl (C=O) groups is 1. The maximum absolute atomic E-state index is 10.8. The van der Waals surface area contributed by atoms with Crippen LogP contribution < -0.4 is 4.90 Å². The topological polar surface area (TPSA) is 73.1 Å². The quantitative estimate of drug-likeness (QED) is 0.798. The van der Waals surface area contributed by atoms with E-state index in [1.54, 1.807) is 24.4 Å². The zero-order valence-corrected chi connectivity index (χ0v) is 13.2. The summed E-state index contributed by atoms with van der Waals surface area (Å²) in [5.41, 5.74) is 2.49. The van der Waals surface area contributed by atoms with Crippen molar-refractivity contribution >= 4 is 23.6 Å². The van der Waals surface area contributed by atoms with Gasteiger partial charge in [-0.1, -0.05) is 0 Å². The van der Waals surface area contributed by atoms with E-state index >= 15 is 0 Å². The Labute approximate surface area is 135 Å². The molecule has 0 aromatic heterocycles. The highest BCUT2D eigenvalue weighted by atomic mass is 16.4. The molecule has 0 aliphatic heterocycles. The monoisotopic (exact) mass is 312 g/mol. The number of nitrogens with zero attached hydrogens (tertiary/aromatic N) is 2. The van der Waals surface area contributed by atoms with Crippen LogP contribution in [0, 0.1) is 0 Å². The Morgan fingerprint density at radius 3 is 2.35 bits per heavy atom. The van der Waals surface area contributed by atoms with E-state index in [1.165, 1.54) is 12.1 Å². The fraction of sp³-hybridized carbons (Fsp3) is 0.222. The number of carboxylic acids is 1. The summed E-state index contributed by atoms with van der Waals surface area (Å²) < 4.78 is 0. The van der Waals surface area contributed by atoms with Crippen molar-refractivity contribution < 1.29 is 15.0 Å². The van der Waals surface area contributed by atoms with Gasteiger partial charge < -0.3 is 15.1 Å². The molecule has 0 saturated heterocycles. The summed E-state index contributed by atoms with van der Waals surface area (Å²) >= 11 is 0. The van der Waals surface area contributed by atoms with Crippen LogP contribution in [-0.4, -0.2) is 35.5 Å². The van der Waals surface area contributed by atoms with Gasteiger partial charge in [0.1, 0.15) is 5.75 Å². The van der Waals surface area contributed by atoms with Gasteiger partial charge in [0.25, 0.3) is 0 Å². The smallest absolute Gasteiger partial charge is 0.335 e. The van der Waals surface area contributed by atoms with E-state index in [4.69, 9.17) is 5.11 Å².